The normalized spacial score (nSPS) is 11.2. The quantitative estimate of drug-likeness (QED) is 0.479. The van der Waals surface area contributed by atoms with Gasteiger partial charge in [0.1, 0.15) is 29.1 Å². The first-order chi connectivity index (χ1) is 7.08. The number of hydrogen-bond acceptors (Lipinski definition) is 2. The van der Waals surface area contributed by atoms with E-state index < -0.39 is 17.2 Å². The van der Waals surface area contributed by atoms with E-state index >= 15 is 0 Å². The molecule has 1 aromatic carbocycles. The van der Waals surface area contributed by atoms with Crippen molar-refractivity contribution in [2.24, 2.45) is 10.7 Å². The Balaban J connectivity index is 3.22. The molecule has 0 aliphatic rings. The predicted molar refractivity (Wildman–Crippen MR) is 53.1 cm³/mol. The van der Waals surface area contributed by atoms with Crippen LogP contribution in [0.3, 0.4) is 0 Å². The van der Waals surface area contributed by atoms with Gasteiger partial charge in [-0.15, -0.1) is 11.6 Å². The van der Waals surface area contributed by atoms with Gasteiger partial charge in [-0.05, 0) is 0 Å². The van der Waals surface area contributed by atoms with Gasteiger partial charge in [-0.25, -0.2) is 13.8 Å². The van der Waals surface area contributed by atoms with E-state index in [1.165, 1.54) is 6.07 Å². The summed E-state index contributed by atoms with van der Waals surface area (Å²) in [6.45, 7) is 0. The van der Waals surface area contributed by atoms with Gasteiger partial charge in [0.15, 0.2) is 0 Å². The van der Waals surface area contributed by atoms with Crippen LogP contribution in [0.15, 0.2) is 17.1 Å². The van der Waals surface area contributed by atoms with Crippen molar-refractivity contribution in [1.29, 1.82) is 5.26 Å². The highest BCUT2D eigenvalue weighted by molar-refractivity contribution is 6.28. The van der Waals surface area contributed by atoms with E-state index in [2.05, 4.69) is 4.99 Å². The summed E-state index contributed by atoms with van der Waals surface area (Å²) < 4.78 is 26.1. The first-order valence-corrected chi connectivity index (χ1v) is 4.40. The lowest BCUT2D eigenvalue weighted by atomic mass is 10.2. The van der Waals surface area contributed by atoms with Gasteiger partial charge < -0.3 is 5.73 Å². The zero-order valence-electron chi connectivity index (χ0n) is 7.47. The van der Waals surface area contributed by atoms with Crippen LogP contribution >= 0.6 is 11.6 Å². The number of aliphatic imine (C=N–C) groups is 1. The number of nitriles is 1. The maximum atomic E-state index is 13.1. The van der Waals surface area contributed by atoms with Gasteiger partial charge in [0.25, 0.3) is 0 Å². The zero-order valence-corrected chi connectivity index (χ0v) is 8.22. The summed E-state index contributed by atoms with van der Waals surface area (Å²) >= 11 is 5.34. The molecular weight excluding hydrogens is 224 g/mol. The number of nitrogens with zero attached hydrogens (tertiary/aromatic N) is 2. The number of amidine groups is 1. The van der Waals surface area contributed by atoms with E-state index in [0.717, 1.165) is 12.1 Å². The van der Waals surface area contributed by atoms with Crippen LogP contribution in [0.2, 0.25) is 0 Å². The Morgan fingerprint density at radius 3 is 2.40 bits per heavy atom. The van der Waals surface area contributed by atoms with Crippen LogP contribution in [0.5, 0.6) is 0 Å². The van der Waals surface area contributed by atoms with Crippen molar-refractivity contribution in [3.05, 3.63) is 29.3 Å². The lowest BCUT2D eigenvalue weighted by Gasteiger charge is -1.99. The first kappa shape index (κ1) is 11.4. The highest BCUT2D eigenvalue weighted by Gasteiger charge is 2.10. The molecule has 0 bridgehead atoms. The van der Waals surface area contributed by atoms with E-state index in [1.807, 2.05) is 0 Å². The van der Waals surface area contributed by atoms with Gasteiger partial charge in [0.2, 0.25) is 0 Å². The number of rotatable bonds is 2. The van der Waals surface area contributed by atoms with Crippen molar-refractivity contribution >= 4 is 23.1 Å². The monoisotopic (exact) mass is 229 g/mol. The zero-order chi connectivity index (χ0) is 11.4. The maximum absolute atomic E-state index is 13.1. The number of benzene rings is 1. The van der Waals surface area contributed by atoms with Gasteiger partial charge >= 0.3 is 0 Å². The van der Waals surface area contributed by atoms with Crippen LogP contribution in [0.25, 0.3) is 0 Å². The summed E-state index contributed by atoms with van der Waals surface area (Å²) in [6.07, 6.45) is 0. The minimum atomic E-state index is -0.973. The van der Waals surface area contributed by atoms with E-state index in [-0.39, 0.29) is 17.4 Å². The Labute approximate surface area is 89.8 Å². The molecule has 0 aromatic heterocycles. The molecule has 0 saturated carbocycles. The molecule has 0 aliphatic carbocycles. The molecule has 2 N–H and O–H groups in total. The molecule has 0 spiro atoms. The molecule has 3 nitrogen and oxygen atoms in total. The maximum Gasteiger partial charge on any atom is 0.146 e. The molecule has 15 heavy (non-hydrogen) atoms. The van der Waals surface area contributed by atoms with Gasteiger partial charge in [-0.3, -0.25) is 0 Å². The molecule has 78 valence electrons. The molecule has 0 unspecified atom stereocenters. The third-order valence-electron chi connectivity index (χ3n) is 1.55. The lowest BCUT2D eigenvalue weighted by Crippen LogP contribution is -2.12. The van der Waals surface area contributed by atoms with Gasteiger partial charge in [-0.1, -0.05) is 0 Å². The van der Waals surface area contributed by atoms with Crippen molar-refractivity contribution in [2.45, 2.75) is 0 Å². The molecule has 6 heteroatoms. The first-order valence-electron chi connectivity index (χ1n) is 3.86. The van der Waals surface area contributed by atoms with Crippen LogP contribution in [-0.4, -0.2) is 11.7 Å². The summed E-state index contributed by atoms with van der Waals surface area (Å²) in [6, 6.07) is 3.24. The number of halogens is 3. The Kier molecular flexibility index (Phi) is 3.58. The molecule has 0 radical (unpaired) electrons. The second-order valence-corrected chi connectivity index (χ2v) is 2.90. The van der Waals surface area contributed by atoms with Crippen molar-refractivity contribution in [1.82, 2.24) is 0 Å². The van der Waals surface area contributed by atoms with Crippen LogP contribution in [-0.2, 0) is 0 Å². The average Bonchev–Trinajstić information content (AvgIpc) is 2.17. The standard InChI is InChI=1S/C9H6ClF2N3/c10-3-9(14)15-5-1-7(11)6(4-13)8(12)2-5/h1-2H,3H2,(H2,14,15). The van der Waals surface area contributed by atoms with E-state index in [9.17, 15) is 8.78 Å². The molecule has 0 atom stereocenters. The Morgan fingerprint density at radius 2 is 2.00 bits per heavy atom. The SMILES string of the molecule is N#Cc1c(F)cc(N=C(N)CCl)cc1F. The lowest BCUT2D eigenvalue weighted by molar-refractivity contribution is 0.577. The molecular formula is C9H6ClF2N3. The Bertz CT molecular complexity index is 428. The predicted octanol–water partition coefficient (Wildman–Crippen LogP) is 2.06. The minimum absolute atomic E-state index is 0.0119. The minimum Gasteiger partial charge on any atom is -0.386 e. The summed E-state index contributed by atoms with van der Waals surface area (Å²) in [5.41, 5.74) is 4.63. The van der Waals surface area contributed by atoms with Crippen molar-refractivity contribution in [3.63, 3.8) is 0 Å². The fraction of sp³-hybridized carbons (Fsp3) is 0.111. The van der Waals surface area contributed by atoms with Gasteiger partial charge in [-0.2, -0.15) is 5.26 Å². The smallest absolute Gasteiger partial charge is 0.146 e. The topological polar surface area (TPSA) is 62.2 Å². The summed E-state index contributed by atoms with van der Waals surface area (Å²) in [4.78, 5) is 3.65. The van der Waals surface area contributed by atoms with Crippen molar-refractivity contribution < 1.29 is 8.78 Å². The van der Waals surface area contributed by atoms with Crippen LogP contribution in [0, 0.1) is 23.0 Å². The molecule has 0 amide bonds. The fourth-order valence-electron chi connectivity index (χ4n) is 0.927. The molecule has 1 rings (SSSR count). The van der Waals surface area contributed by atoms with Crippen molar-refractivity contribution in [3.8, 4) is 6.07 Å². The Morgan fingerprint density at radius 1 is 1.47 bits per heavy atom. The highest BCUT2D eigenvalue weighted by Crippen LogP contribution is 2.20. The molecule has 0 saturated heterocycles. The molecule has 0 heterocycles. The van der Waals surface area contributed by atoms with E-state index in [4.69, 9.17) is 22.6 Å². The number of nitrogens with two attached hydrogens (primary N) is 1. The summed E-state index contributed by atoms with van der Waals surface area (Å²) in [7, 11) is 0. The summed E-state index contributed by atoms with van der Waals surface area (Å²) in [5.74, 6) is -1.94. The fourth-order valence-corrected chi connectivity index (χ4v) is 0.987. The molecule has 0 fully saturated rings. The number of alkyl halides is 1. The van der Waals surface area contributed by atoms with Crippen molar-refractivity contribution in [2.75, 3.05) is 5.88 Å². The third-order valence-corrected chi connectivity index (χ3v) is 1.82. The van der Waals surface area contributed by atoms with Gasteiger partial charge in [0.05, 0.1) is 11.6 Å². The van der Waals surface area contributed by atoms with Crippen LogP contribution in [0.1, 0.15) is 5.56 Å². The average molecular weight is 230 g/mol. The summed E-state index contributed by atoms with van der Waals surface area (Å²) in [5, 5.41) is 8.41. The van der Waals surface area contributed by atoms with E-state index in [0.29, 0.717) is 0 Å². The third kappa shape index (κ3) is 2.64. The van der Waals surface area contributed by atoms with Gasteiger partial charge in [0, 0.05) is 12.1 Å². The highest BCUT2D eigenvalue weighted by atomic mass is 35.5. The Hall–Kier alpha value is -1.67. The second kappa shape index (κ2) is 4.71. The second-order valence-electron chi connectivity index (χ2n) is 2.63. The molecule has 0 aliphatic heterocycles. The largest absolute Gasteiger partial charge is 0.386 e. The van der Waals surface area contributed by atoms with E-state index in [1.54, 1.807) is 0 Å². The van der Waals surface area contributed by atoms with Crippen LogP contribution in [0.4, 0.5) is 14.5 Å². The molecule has 1 aromatic rings. The van der Waals surface area contributed by atoms with Crippen LogP contribution < -0.4 is 5.73 Å². The number of hydrogen-bond donors (Lipinski definition) is 1.